The molecule has 0 saturated heterocycles. The molecule has 0 saturated carbocycles. The molecule has 3 N–H and O–H groups in total. The summed E-state index contributed by atoms with van der Waals surface area (Å²) in [5.74, 6) is -0.0184. The summed E-state index contributed by atoms with van der Waals surface area (Å²) in [7, 11) is 2.82. The van der Waals surface area contributed by atoms with E-state index in [1.165, 1.54) is 25.6 Å². The van der Waals surface area contributed by atoms with Crippen molar-refractivity contribution in [3.05, 3.63) is 45.4 Å². The second-order valence-electron chi connectivity index (χ2n) is 6.61. The molecule has 1 amide bonds. The van der Waals surface area contributed by atoms with Crippen LogP contribution in [0.1, 0.15) is 37.7 Å². The van der Waals surface area contributed by atoms with Gasteiger partial charge < -0.3 is 19.8 Å². The summed E-state index contributed by atoms with van der Waals surface area (Å²) in [5, 5.41) is 3.72. The predicted octanol–water partition coefficient (Wildman–Crippen LogP) is 2.93. The standard InChI is InChI=1S/C21H25N5O4S/c1-5-14-18(31-12(2)23-14)19(27)25-21-24-15-10-13(20(28)30-4)11-16(29-3)17(15)26(21)9-7-6-8-22/h6-7,10-11H,5,8-9,22H2,1-4H3,(H,24,25,27). The van der Waals surface area contributed by atoms with Crippen molar-refractivity contribution in [1.29, 1.82) is 0 Å². The molecule has 2 aromatic heterocycles. The number of hydrogen-bond donors (Lipinski definition) is 2. The average molecular weight is 444 g/mol. The second-order valence-corrected chi connectivity index (χ2v) is 7.81. The zero-order valence-electron chi connectivity index (χ0n) is 17.9. The number of rotatable bonds is 8. The highest BCUT2D eigenvalue weighted by Gasteiger charge is 2.22. The van der Waals surface area contributed by atoms with Gasteiger partial charge >= 0.3 is 5.97 Å². The van der Waals surface area contributed by atoms with Gasteiger partial charge in [-0.2, -0.15) is 0 Å². The molecule has 0 aliphatic heterocycles. The van der Waals surface area contributed by atoms with Gasteiger partial charge in [-0.05, 0) is 25.5 Å². The number of ether oxygens (including phenoxy) is 2. The van der Waals surface area contributed by atoms with Gasteiger partial charge in [0.1, 0.15) is 16.1 Å². The van der Waals surface area contributed by atoms with Crippen LogP contribution in [0, 0.1) is 6.92 Å². The summed E-state index contributed by atoms with van der Waals surface area (Å²) in [6.07, 6.45) is 4.34. The van der Waals surface area contributed by atoms with E-state index in [1.807, 2.05) is 26.0 Å². The van der Waals surface area contributed by atoms with Crippen molar-refractivity contribution in [3.8, 4) is 5.75 Å². The maximum atomic E-state index is 13.0. The smallest absolute Gasteiger partial charge is 0.338 e. The van der Waals surface area contributed by atoms with Gasteiger partial charge in [0.05, 0.1) is 36.0 Å². The van der Waals surface area contributed by atoms with Gasteiger partial charge in [-0.3, -0.25) is 10.1 Å². The first-order chi connectivity index (χ1) is 14.9. The predicted molar refractivity (Wildman–Crippen MR) is 120 cm³/mol. The van der Waals surface area contributed by atoms with Crippen LogP contribution >= 0.6 is 11.3 Å². The number of carbonyl (C=O) groups is 2. The summed E-state index contributed by atoms with van der Waals surface area (Å²) in [6.45, 7) is 4.61. The van der Waals surface area contributed by atoms with Crippen LogP contribution in [0.15, 0.2) is 24.3 Å². The Morgan fingerprint density at radius 2 is 2.03 bits per heavy atom. The average Bonchev–Trinajstić information content (AvgIpc) is 3.32. The first-order valence-corrected chi connectivity index (χ1v) is 10.5. The van der Waals surface area contributed by atoms with Crippen LogP contribution < -0.4 is 15.8 Å². The van der Waals surface area contributed by atoms with Gasteiger partial charge in [-0.1, -0.05) is 19.1 Å². The van der Waals surface area contributed by atoms with Crippen LogP contribution in [-0.2, 0) is 17.7 Å². The molecular weight excluding hydrogens is 418 g/mol. The third kappa shape index (κ3) is 4.59. The molecule has 0 aliphatic carbocycles. The highest BCUT2D eigenvalue weighted by molar-refractivity contribution is 7.13. The van der Waals surface area contributed by atoms with Crippen LogP contribution in [0.2, 0.25) is 0 Å². The van der Waals surface area contributed by atoms with E-state index in [-0.39, 0.29) is 5.91 Å². The number of thiazole rings is 1. The number of fused-ring (bicyclic) bond motifs is 1. The Kier molecular flexibility index (Phi) is 7.03. The minimum absolute atomic E-state index is 0.283. The number of nitrogens with two attached hydrogens (primary N) is 1. The zero-order chi connectivity index (χ0) is 22.5. The lowest BCUT2D eigenvalue weighted by atomic mass is 10.2. The lowest BCUT2D eigenvalue weighted by molar-refractivity contribution is 0.0600. The largest absolute Gasteiger partial charge is 0.494 e. The first kappa shape index (κ1) is 22.4. The van der Waals surface area contributed by atoms with E-state index in [4.69, 9.17) is 15.2 Å². The number of methoxy groups -OCH3 is 2. The summed E-state index contributed by atoms with van der Waals surface area (Å²) in [5.41, 5.74) is 7.76. The normalized spacial score (nSPS) is 11.3. The number of nitrogens with zero attached hydrogens (tertiary/aromatic N) is 3. The molecule has 1 aromatic carbocycles. The summed E-state index contributed by atoms with van der Waals surface area (Å²) in [6, 6.07) is 3.20. The molecule has 0 radical (unpaired) electrons. The van der Waals surface area contributed by atoms with Crippen molar-refractivity contribution >= 4 is 40.2 Å². The van der Waals surface area contributed by atoms with E-state index in [9.17, 15) is 9.59 Å². The highest BCUT2D eigenvalue weighted by atomic mass is 32.1. The number of anilines is 1. The van der Waals surface area contributed by atoms with Crippen molar-refractivity contribution in [3.63, 3.8) is 0 Å². The Bertz CT molecular complexity index is 1150. The maximum absolute atomic E-state index is 13.0. The van der Waals surface area contributed by atoms with Gasteiger partial charge in [-0.25, -0.2) is 14.8 Å². The lowest BCUT2D eigenvalue weighted by Gasteiger charge is -2.10. The number of aromatic nitrogens is 3. The van der Waals surface area contributed by atoms with Crippen LogP contribution in [0.4, 0.5) is 5.95 Å². The summed E-state index contributed by atoms with van der Waals surface area (Å²) >= 11 is 1.34. The molecule has 9 nitrogen and oxygen atoms in total. The van der Waals surface area contributed by atoms with Crippen molar-refractivity contribution in [2.24, 2.45) is 5.73 Å². The Hall–Kier alpha value is -3.24. The quantitative estimate of drug-likeness (QED) is 0.405. The van der Waals surface area contributed by atoms with Gasteiger partial charge in [0.2, 0.25) is 5.95 Å². The molecule has 0 spiro atoms. The topological polar surface area (TPSA) is 121 Å². The number of hydrogen-bond acceptors (Lipinski definition) is 8. The third-order valence-electron chi connectivity index (χ3n) is 4.61. The van der Waals surface area contributed by atoms with Crippen LogP contribution in [0.5, 0.6) is 5.75 Å². The van der Waals surface area contributed by atoms with Gasteiger partial charge in [0, 0.05) is 13.1 Å². The van der Waals surface area contributed by atoms with E-state index in [1.54, 1.807) is 16.7 Å². The van der Waals surface area contributed by atoms with Crippen molar-refractivity contribution < 1.29 is 19.1 Å². The maximum Gasteiger partial charge on any atom is 0.338 e. The fourth-order valence-electron chi connectivity index (χ4n) is 3.22. The van der Waals surface area contributed by atoms with Crippen LogP contribution in [-0.4, -0.2) is 47.2 Å². The van der Waals surface area contributed by atoms with Gasteiger partial charge in [-0.15, -0.1) is 11.3 Å². The summed E-state index contributed by atoms with van der Waals surface area (Å²) in [4.78, 5) is 34.6. The number of esters is 1. The number of benzene rings is 1. The molecule has 0 bridgehead atoms. The molecule has 2 heterocycles. The van der Waals surface area contributed by atoms with E-state index in [0.717, 1.165) is 10.7 Å². The van der Waals surface area contributed by atoms with Crippen LogP contribution in [0.3, 0.4) is 0 Å². The molecule has 3 aromatic rings. The Morgan fingerprint density at radius 3 is 2.68 bits per heavy atom. The highest BCUT2D eigenvalue weighted by Crippen LogP contribution is 2.31. The van der Waals surface area contributed by atoms with E-state index < -0.39 is 5.97 Å². The van der Waals surface area contributed by atoms with Gasteiger partial charge in [0.15, 0.2) is 0 Å². The molecule has 10 heteroatoms. The fraction of sp³-hybridized carbons (Fsp3) is 0.333. The Morgan fingerprint density at radius 1 is 1.26 bits per heavy atom. The molecule has 31 heavy (non-hydrogen) atoms. The van der Waals surface area contributed by atoms with E-state index in [0.29, 0.717) is 52.7 Å². The molecule has 0 unspecified atom stereocenters. The molecule has 0 atom stereocenters. The molecule has 3 rings (SSSR count). The second kappa shape index (κ2) is 9.71. The van der Waals surface area contributed by atoms with Crippen molar-refractivity contribution in [2.75, 3.05) is 26.1 Å². The molecule has 0 aliphatic rings. The SMILES string of the molecule is CCc1nc(C)sc1C(=O)Nc1nc2cc(C(=O)OC)cc(OC)c2n1CC=CCN. The summed E-state index contributed by atoms with van der Waals surface area (Å²) < 4.78 is 12.1. The Labute approximate surface area is 183 Å². The fourth-order valence-corrected chi connectivity index (χ4v) is 4.12. The van der Waals surface area contributed by atoms with Crippen molar-refractivity contribution in [1.82, 2.24) is 14.5 Å². The number of allylic oxidation sites excluding steroid dienone is 1. The first-order valence-electron chi connectivity index (χ1n) is 9.72. The number of carbonyl (C=O) groups excluding carboxylic acids is 2. The van der Waals surface area contributed by atoms with Crippen LogP contribution in [0.25, 0.3) is 11.0 Å². The molecular formula is C21H25N5O4S. The zero-order valence-corrected chi connectivity index (χ0v) is 18.7. The molecule has 164 valence electrons. The number of imidazole rings is 1. The number of aryl methyl sites for hydroxylation is 2. The van der Waals surface area contributed by atoms with Crippen molar-refractivity contribution in [2.45, 2.75) is 26.8 Å². The van der Waals surface area contributed by atoms with E-state index in [2.05, 4.69) is 15.3 Å². The minimum Gasteiger partial charge on any atom is -0.494 e. The molecule has 0 fully saturated rings. The number of amides is 1. The third-order valence-corrected chi connectivity index (χ3v) is 5.62. The monoisotopic (exact) mass is 443 g/mol. The lowest BCUT2D eigenvalue weighted by Crippen LogP contribution is -2.16. The minimum atomic E-state index is -0.504. The van der Waals surface area contributed by atoms with E-state index >= 15 is 0 Å². The Balaban J connectivity index is 2.12. The van der Waals surface area contributed by atoms with Gasteiger partial charge in [0.25, 0.3) is 5.91 Å². The number of nitrogens with one attached hydrogen (secondary N) is 1.